The van der Waals surface area contributed by atoms with Crippen molar-refractivity contribution in [1.29, 1.82) is 0 Å². The largest absolute Gasteiger partial charge is 0.317 e. The molecule has 1 aromatic carbocycles. The molecular formula is C18H20FN5O. The van der Waals surface area contributed by atoms with Gasteiger partial charge in [0, 0.05) is 18.3 Å². The highest BCUT2D eigenvalue weighted by Gasteiger charge is 2.18. The number of carbonyl (C=O) groups excluding carboxylic acids is 1. The van der Waals surface area contributed by atoms with Gasteiger partial charge in [0.1, 0.15) is 11.5 Å². The number of amides is 1. The number of hydrogen-bond acceptors (Lipinski definition) is 3. The molecule has 3 aromatic rings. The van der Waals surface area contributed by atoms with Crippen LogP contribution >= 0.6 is 0 Å². The summed E-state index contributed by atoms with van der Waals surface area (Å²) in [5, 5.41) is 11.4. The highest BCUT2D eigenvalue weighted by Crippen LogP contribution is 2.22. The predicted molar refractivity (Wildman–Crippen MR) is 93.1 cm³/mol. The van der Waals surface area contributed by atoms with Crippen molar-refractivity contribution in [2.45, 2.75) is 33.9 Å². The van der Waals surface area contributed by atoms with Gasteiger partial charge in [-0.1, -0.05) is 18.2 Å². The average molecular weight is 341 g/mol. The van der Waals surface area contributed by atoms with Crippen LogP contribution < -0.4 is 5.32 Å². The zero-order valence-electron chi connectivity index (χ0n) is 14.5. The summed E-state index contributed by atoms with van der Waals surface area (Å²) in [5.41, 5.74) is 3.14. The third-order valence-corrected chi connectivity index (χ3v) is 4.15. The van der Waals surface area contributed by atoms with Crippen LogP contribution in [0.25, 0.3) is 0 Å². The molecule has 0 saturated carbocycles. The normalized spacial score (nSPS) is 10.9. The van der Waals surface area contributed by atoms with E-state index < -0.39 is 0 Å². The number of rotatable bonds is 5. The van der Waals surface area contributed by atoms with Crippen LogP contribution in [0, 0.1) is 19.7 Å². The maximum atomic E-state index is 13.9. The van der Waals surface area contributed by atoms with E-state index in [-0.39, 0.29) is 11.7 Å². The van der Waals surface area contributed by atoms with Crippen molar-refractivity contribution >= 4 is 11.6 Å². The minimum absolute atomic E-state index is 0.240. The zero-order chi connectivity index (χ0) is 18.0. The Morgan fingerprint density at radius 2 is 1.96 bits per heavy atom. The fourth-order valence-corrected chi connectivity index (χ4v) is 2.77. The van der Waals surface area contributed by atoms with Gasteiger partial charge < -0.3 is 5.32 Å². The summed E-state index contributed by atoms with van der Waals surface area (Å²) in [7, 11) is 0. The Balaban J connectivity index is 1.85. The van der Waals surface area contributed by atoms with Crippen molar-refractivity contribution in [2.75, 3.05) is 5.32 Å². The van der Waals surface area contributed by atoms with E-state index in [4.69, 9.17) is 0 Å². The van der Waals surface area contributed by atoms with Gasteiger partial charge >= 0.3 is 0 Å². The van der Waals surface area contributed by atoms with Crippen molar-refractivity contribution < 1.29 is 9.18 Å². The average Bonchev–Trinajstić information content (AvgIpc) is 3.17. The summed E-state index contributed by atoms with van der Waals surface area (Å²) in [6.45, 7) is 6.51. The van der Waals surface area contributed by atoms with Crippen LogP contribution in [0.5, 0.6) is 0 Å². The maximum Gasteiger partial charge on any atom is 0.274 e. The molecule has 7 heteroatoms. The van der Waals surface area contributed by atoms with Crippen molar-refractivity contribution in [2.24, 2.45) is 0 Å². The molecule has 3 rings (SSSR count). The van der Waals surface area contributed by atoms with Crippen LogP contribution in [0.4, 0.5) is 10.1 Å². The summed E-state index contributed by atoms with van der Waals surface area (Å²) < 4.78 is 17.2. The van der Waals surface area contributed by atoms with E-state index in [1.54, 1.807) is 39.8 Å². The molecule has 0 aliphatic heterocycles. The SMILES string of the molecule is CCn1nccc1C(=O)Nc1c(C)nn(Cc2ccccc2F)c1C. The molecule has 0 aliphatic carbocycles. The fraction of sp³-hybridized carbons (Fsp3) is 0.278. The Morgan fingerprint density at radius 3 is 2.68 bits per heavy atom. The number of carbonyl (C=O) groups is 1. The van der Waals surface area contributed by atoms with Gasteiger partial charge in [-0.15, -0.1) is 0 Å². The van der Waals surface area contributed by atoms with Gasteiger partial charge in [-0.2, -0.15) is 10.2 Å². The first-order valence-corrected chi connectivity index (χ1v) is 8.11. The lowest BCUT2D eigenvalue weighted by atomic mass is 10.2. The Hall–Kier alpha value is -2.96. The molecular weight excluding hydrogens is 321 g/mol. The molecule has 0 spiro atoms. The highest BCUT2D eigenvalue weighted by atomic mass is 19.1. The zero-order valence-corrected chi connectivity index (χ0v) is 14.5. The van der Waals surface area contributed by atoms with Gasteiger partial charge in [-0.25, -0.2) is 4.39 Å². The van der Waals surface area contributed by atoms with Gasteiger partial charge in [0.2, 0.25) is 0 Å². The van der Waals surface area contributed by atoms with Crippen LogP contribution in [0.1, 0.15) is 34.4 Å². The van der Waals surface area contributed by atoms with E-state index in [0.29, 0.717) is 35.7 Å². The number of nitrogens with one attached hydrogen (secondary N) is 1. The molecule has 2 heterocycles. The molecule has 130 valence electrons. The van der Waals surface area contributed by atoms with Crippen molar-refractivity contribution in [1.82, 2.24) is 19.6 Å². The van der Waals surface area contributed by atoms with E-state index in [2.05, 4.69) is 15.5 Å². The van der Waals surface area contributed by atoms with Gasteiger partial charge in [-0.05, 0) is 32.9 Å². The van der Waals surface area contributed by atoms with Gasteiger partial charge in [0.25, 0.3) is 5.91 Å². The summed E-state index contributed by atoms with van der Waals surface area (Å²) in [6.07, 6.45) is 1.60. The van der Waals surface area contributed by atoms with E-state index in [1.807, 2.05) is 20.8 Å². The van der Waals surface area contributed by atoms with Crippen LogP contribution in [0.3, 0.4) is 0 Å². The van der Waals surface area contributed by atoms with Crippen molar-refractivity contribution in [3.63, 3.8) is 0 Å². The lowest BCUT2D eigenvalue weighted by Crippen LogP contribution is -2.18. The Labute approximate surface area is 145 Å². The number of halogens is 1. The third-order valence-electron chi connectivity index (χ3n) is 4.15. The molecule has 2 aromatic heterocycles. The van der Waals surface area contributed by atoms with Crippen LogP contribution in [0.2, 0.25) is 0 Å². The van der Waals surface area contributed by atoms with Crippen LogP contribution in [-0.4, -0.2) is 25.5 Å². The van der Waals surface area contributed by atoms with Gasteiger partial charge in [-0.3, -0.25) is 14.2 Å². The molecule has 1 N–H and O–H groups in total. The molecule has 6 nitrogen and oxygen atoms in total. The molecule has 0 unspecified atom stereocenters. The Morgan fingerprint density at radius 1 is 1.20 bits per heavy atom. The minimum Gasteiger partial charge on any atom is -0.317 e. The molecule has 0 bridgehead atoms. The quantitative estimate of drug-likeness (QED) is 0.775. The Bertz CT molecular complexity index is 912. The maximum absolute atomic E-state index is 13.9. The van der Waals surface area contributed by atoms with Crippen LogP contribution in [-0.2, 0) is 13.1 Å². The number of aryl methyl sites for hydroxylation is 2. The summed E-state index contributed by atoms with van der Waals surface area (Å²) in [4.78, 5) is 12.5. The summed E-state index contributed by atoms with van der Waals surface area (Å²) >= 11 is 0. The van der Waals surface area contributed by atoms with E-state index >= 15 is 0 Å². The first-order valence-electron chi connectivity index (χ1n) is 8.11. The number of nitrogens with zero attached hydrogens (tertiary/aromatic N) is 4. The van der Waals surface area contributed by atoms with E-state index in [9.17, 15) is 9.18 Å². The molecule has 25 heavy (non-hydrogen) atoms. The molecule has 0 saturated heterocycles. The summed E-state index contributed by atoms with van der Waals surface area (Å²) in [5.74, 6) is -0.511. The second kappa shape index (κ2) is 6.88. The smallest absolute Gasteiger partial charge is 0.274 e. The molecule has 0 aliphatic rings. The topological polar surface area (TPSA) is 64.7 Å². The van der Waals surface area contributed by atoms with Crippen molar-refractivity contribution in [3.8, 4) is 0 Å². The molecule has 0 radical (unpaired) electrons. The lowest BCUT2D eigenvalue weighted by molar-refractivity contribution is 0.101. The standard InChI is InChI=1S/C18H20FN5O/c1-4-23-16(9-10-20-23)18(25)21-17-12(2)22-24(13(17)3)11-14-7-5-6-8-15(14)19/h5-10H,4,11H2,1-3H3,(H,21,25). The van der Waals surface area contributed by atoms with E-state index in [0.717, 1.165) is 5.69 Å². The number of hydrogen-bond donors (Lipinski definition) is 1. The van der Waals surface area contributed by atoms with Gasteiger partial charge in [0.05, 0.1) is 23.6 Å². The number of aromatic nitrogens is 4. The first-order chi connectivity index (χ1) is 12.0. The van der Waals surface area contributed by atoms with Crippen LogP contribution in [0.15, 0.2) is 36.5 Å². The predicted octanol–water partition coefficient (Wildman–Crippen LogP) is 3.16. The minimum atomic E-state index is -0.271. The monoisotopic (exact) mass is 341 g/mol. The Kier molecular flexibility index (Phi) is 4.65. The van der Waals surface area contributed by atoms with Crippen molar-refractivity contribution in [3.05, 3.63) is 65.0 Å². The third kappa shape index (κ3) is 3.31. The highest BCUT2D eigenvalue weighted by molar-refractivity contribution is 6.03. The number of anilines is 1. The molecule has 0 fully saturated rings. The fourth-order valence-electron chi connectivity index (χ4n) is 2.77. The van der Waals surface area contributed by atoms with E-state index in [1.165, 1.54) is 6.07 Å². The second-order valence-corrected chi connectivity index (χ2v) is 5.78. The summed E-state index contributed by atoms with van der Waals surface area (Å²) in [6, 6.07) is 8.27. The number of benzene rings is 1. The van der Waals surface area contributed by atoms with Gasteiger partial charge in [0.15, 0.2) is 0 Å². The lowest BCUT2D eigenvalue weighted by Gasteiger charge is -2.08. The molecule has 1 amide bonds. The first kappa shape index (κ1) is 16.9. The molecule has 0 atom stereocenters. The second-order valence-electron chi connectivity index (χ2n) is 5.78.